The monoisotopic (exact) mass is 416 g/mol. The Bertz CT molecular complexity index is 1040. The van der Waals surface area contributed by atoms with Crippen LogP contribution in [0.1, 0.15) is 53.3 Å². The van der Waals surface area contributed by atoms with E-state index in [0.717, 1.165) is 49.4 Å². The summed E-state index contributed by atoms with van der Waals surface area (Å²) in [6, 6.07) is 18.1. The molecule has 5 rings (SSSR count). The van der Waals surface area contributed by atoms with E-state index >= 15 is 0 Å². The highest BCUT2D eigenvalue weighted by Crippen LogP contribution is 2.42. The molecular formula is C25H28N4O2. The smallest absolute Gasteiger partial charge is 0.276 e. The van der Waals surface area contributed by atoms with Gasteiger partial charge in [0.1, 0.15) is 5.75 Å². The third-order valence-electron chi connectivity index (χ3n) is 6.19. The summed E-state index contributed by atoms with van der Waals surface area (Å²) >= 11 is 0. The van der Waals surface area contributed by atoms with Crippen LogP contribution in [0.4, 0.5) is 0 Å². The van der Waals surface area contributed by atoms with E-state index in [9.17, 15) is 4.79 Å². The molecule has 160 valence electrons. The number of aromatic nitrogens is 3. The normalized spacial score (nSPS) is 18.7. The second kappa shape index (κ2) is 8.53. The molecule has 2 aromatic carbocycles. The van der Waals surface area contributed by atoms with Crippen molar-refractivity contribution in [3.05, 3.63) is 71.5 Å². The van der Waals surface area contributed by atoms with E-state index in [-0.39, 0.29) is 5.91 Å². The van der Waals surface area contributed by atoms with Crippen LogP contribution in [-0.2, 0) is 0 Å². The second-order valence-electron chi connectivity index (χ2n) is 8.73. The average Bonchev–Trinajstić information content (AvgIpc) is 3.56. The first kappa shape index (κ1) is 19.8. The Morgan fingerprint density at radius 3 is 2.58 bits per heavy atom. The number of hydrogen-bond acceptors (Lipinski definition) is 4. The zero-order valence-corrected chi connectivity index (χ0v) is 17.9. The summed E-state index contributed by atoms with van der Waals surface area (Å²) in [6.45, 7) is 4.16. The first-order chi connectivity index (χ1) is 15.2. The Hall–Kier alpha value is -3.15. The van der Waals surface area contributed by atoms with Crippen molar-refractivity contribution in [2.75, 3.05) is 19.7 Å². The quantitative estimate of drug-likeness (QED) is 0.598. The van der Waals surface area contributed by atoms with Gasteiger partial charge in [-0.05, 0) is 56.9 Å². The van der Waals surface area contributed by atoms with E-state index in [4.69, 9.17) is 4.74 Å². The maximum absolute atomic E-state index is 13.4. The molecule has 1 atom stereocenters. The van der Waals surface area contributed by atoms with E-state index in [1.165, 1.54) is 5.56 Å². The lowest BCUT2D eigenvalue weighted by Gasteiger charge is -2.32. The molecule has 1 unspecified atom stereocenters. The first-order valence-electron chi connectivity index (χ1n) is 11.2. The topological polar surface area (TPSA) is 60.2 Å². The molecule has 6 nitrogen and oxygen atoms in total. The molecular weight excluding hydrogens is 388 g/mol. The molecule has 1 aliphatic carbocycles. The van der Waals surface area contributed by atoms with Gasteiger partial charge >= 0.3 is 0 Å². The summed E-state index contributed by atoms with van der Waals surface area (Å²) in [5.41, 5.74) is 3.65. The van der Waals surface area contributed by atoms with Gasteiger partial charge in [0.05, 0.1) is 18.0 Å². The van der Waals surface area contributed by atoms with Crippen LogP contribution >= 0.6 is 0 Å². The maximum Gasteiger partial charge on any atom is 0.276 e. The number of carbonyl (C=O) groups excluding carboxylic acids is 1. The van der Waals surface area contributed by atoms with Gasteiger partial charge in [-0.15, -0.1) is 5.10 Å². The van der Waals surface area contributed by atoms with Crippen molar-refractivity contribution in [1.29, 1.82) is 0 Å². The van der Waals surface area contributed by atoms with Gasteiger partial charge in [-0.3, -0.25) is 4.79 Å². The predicted molar refractivity (Wildman–Crippen MR) is 119 cm³/mol. The molecule has 2 heterocycles. The van der Waals surface area contributed by atoms with E-state index < -0.39 is 0 Å². The summed E-state index contributed by atoms with van der Waals surface area (Å²) < 4.78 is 7.82. The highest BCUT2D eigenvalue weighted by Gasteiger charge is 2.36. The summed E-state index contributed by atoms with van der Waals surface area (Å²) in [4.78, 5) is 15.4. The van der Waals surface area contributed by atoms with E-state index in [2.05, 4.69) is 29.4 Å². The van der Waals surface area contributed by atoms with Gasteiger partial charge in [-0.1, -0.05) is 41.1 Å². The number of aryl methyl sites for hydroxylation is 1. The largest absolute Gasteiger partial charge is 0.493 e. The van der Waals surface area contributed by atoms with E-state index in [1.807, 2.05) is 52.0 Å². The maximum atomic E-state index is 13.4. The lowest BCUT2D eigenvalue weighted by molar-refractivity contribution is 0.0626. The van der Waals surface area contributed by atoms with Gasteiger partial charge in [0, 0.05) is 24.9 Å². The standard InChI is InChI=1S/C25H28N4O2/c1-18-9-13-21(14-10-18)29-24(20-11-12-20)23(26-27-29)25(30)28-15-5-6-19(16-28)17-31-22-7-3-2-4-8-22/h2-4,7-10,13-14,19-20H,5-6,11-12,15-17H2,1H3. The van der Waals surface area contributed by atoms with Crippen molar-refractivity contribution in [3.63, 3.8) is 0 Å². The van der Waals surface area contributed by atoms with Gasteiger partial charge in [0.2, 0.25) is 0 Å². The lowest BCUT2D eigenvalue weighted by Crippen LogP contribution is -2.42. The number of rotatable bonds is 6. The van der Waals surface area contributed by atoms with Gasteiger partial charge in [0.25, 0.3) is 5.91 Å². The number of benzene rings is 2. The SMILES string of the molecule is Cc1ccc(-n2nnc(C(=O)N3CCCC(COc4ccccc4)C3)c2C2CC2)cc1. The Labute approximate surface area is 182 Å². The van der Waals surface area contributed by atoms with Crippen molar-refractivity contribution in [2.45, 2.75) is 38.5 Å². The summed E-state index contributed by atoms with van der Waals surface area (Å²) in [5.74, 6) is 1.58. The minimum Gasteiger partial charge on any atom is -0.493 e. The molecule has 1 amide bonds. The number of para-hydroxylation sites is 1. The predicted octanol–water partition coefficient (Wildman–Crippen LogP) is 4.38. The van der Waals surface area contributed by atoms with Crippen LogP contribution in [0.15, 0.2) is 54.6 Å². The molecule has 0 N–H and O–H groups in total. The van der Waals surface area contributed by atoms with Crippen molar-refractivity contribution in [1.82, 2.24) is 19.9 Å². The van der Waals surface area contributed by atoms with Gasteiger partial charge in [-0.25, -0.2) is 4.68 Å². The molecule has 2 aliphatic rings. The number of hydrogen-bond donors (Lipinski definition) is 0. The average molecular weight is 417 g/mol. The van der Waals surface area contributed by atoms with Crippen LogP contribution in [0.25, 0.3) is 5.69 Å². The number of ether oxygens (including phenoxy) is 1. The molecule has 1 aromatic heterocycles. The molecule has 0 bridgehead atoms. The Balaban J connectivity index is 1.32. The molecule has 3 aromatic rings. The Morgan fingerprint density at radius 2 is 1.84 bits per heavy atom. The molecule has 6 heteroatoms. The number of amides is 1. The third-order valence-corrected chi connectivity index (χ3v) is 6.19. The number of nitrogens with zero attached hydrogens (tertiary/aromatic N) is 4. The minimum absolute atomic E-state index is 0.00433. The van der Waals surface area contributed by atoms with Gasteiger partial charge in [-0.2, -0.15) is 0 Å². The second-order valence-corrected chi connectivity index (χ2v) is 8.73. The zero-order chi connectivity index (χ0) is 21.2. The van der Waals surface area contributed by atoms with Gasteiger partial charge in [0.15, 0.2) is 5.69 Å². The lowest BCUT2D eigenvalue weighted by atomic mass is 9.98. The summed E-state index contributed by atoms with van der Waals surface area (Å²) in [5, 5.41) is 8.74. The molecule has 0 radical (unpaired) electrons. The fraction of sp³-hybridized carbons (Fsp3) is 0.400. The van der Waals surface area contributed by atoms with E-state index in [0.29, 0.717) is 30.7 Å². The zero-order valence-electron chi connectivity index (χ0n) is 17.9. The van der Waals surface area contributed by atoms with Crippen LogP contribution in [0, 0.1) is 12.8 Å². The highest BCUT2D eigenvalue weighted by atomic mass is 16.5. The van der Waals surface area contributed by atoms with Crippen LogP contribution in [-0.4, -0.2) is 45.5 Å². The van der Waals surface area contributed by atoms with Crippen molar-refractivity contribution in [3.8, 4) is 11.4 Å². The Kier molecular flexibility index (Phi) is 5.45. The molecule has 31 heavy (non-hydrogen) atoms. The van der Waals surface area contributed by atoms with E-state index in [1.54, 1.807) is 0 Å². The summed E-state index contributed by atoms with van der Waals surface area (Å²) in [6.07, 6.45) is 4.24. The Morgan fingerprint density at radius 1 is 1.06 bits per heavy atom. The van der Waals surface area contributed by atoms with Crippen LogP contribution in [0.5, 0.6) is 5.75 Å². The molecule has 1 saturated heterocycles. The van der Waals surface area contributed by atoms with Gasteiger partial charge < -0.3 is 9.64 Å². The highest BCUT2D eigenvalue weighted by molar-refractivity contribution is 5.93. The van der Waals surface area contributed by atoms with Crippen molar-refractivity contribution >= 4 is 5.91 Å². The summed E-state index contributed by atoms with van der Waals surface area (Å²) in [7, 11) is 0. The third kappa shape index (κ3) is 4.33. The number of piperidine rings is 1. The van der Waals surface area contributed by atoms with Crippen LogP contribution in [0.2, 0.25) is 0 Å². The minimum atomic E-state index is 0.00433. The molecule has 1 saturated carbocycles. The fourth-order valence-electron chi connectivity index (χ4n) is 4.31. The molecule has 2 fully saturated rings. The first-order valence-corrected chi connectivity index (χ1v) is 11.2. The number of carbonyl (C=O) groups is 1. The van der Waals surface area contributed by atoms with Crippen LogP contribution < -0.4 is 4.74 Å². The van der Waals surface area contributed by atoms with Crippen molar-refractivity contribution in [2.24, 2.45) is 5.92 Å². The number of likely N-dealkylation sites (tertiary alicyclic amines) is 1. The molecule has 1 aliphatic heterocycles. The van der Waals surface area contributed by atoms with Crippen molar-refractivity contribution < 1.29 is 9.53 Å². The molecule has 0 spiro atoms. The van der Waals surface area contributed by atoms with Crippen LogP contribution in [0.3, 0.4) is 0 Å². The fourth-order valence-corrected chi connectivity index (χ4v) is 4.31.